The van der Waals surface area contributed by atoms with Crippen LogP contribution < -0.4 is 25.4 Å². The Balaban J connectivity index is 1.87. The number of rotatable bonds is 9. The molecule has 0 aliphatic heterocycles. The first-order valence-electron chi connectivity index (χ1n) is 9.63. The number of nitrogens with zero attached hydrogens (tertiary/aromatic N) is 1. The van der Waals surface area contributed by atoms with Crippen LogP contribution in [-0.4, -0.2) is 33.1 Å². The number of aliphatic imine (C=N–C) groups is 1. The van der Waals surface area contributed by atoms with Crippen LogP contribution in [0.4, 0.5) is 5.69 Å². The van der Waals surface area contributed by atoms with Crippen LogP contribution in [0.25, 0.3) is 0 Å². The maximum atomic E-state index is 11.7. The maximum Gasteiger partial charge on any atom is 0.224 e. The molecule has 0 atom stereocenters. The number of hydrogen-bond donors (Lipinski definition) is 3. The van der Waals surface area contributed by atoms with Crippen molar-refractivity contribution in [3.8, 4) is 11.5 Å². The lowest BCUT2D eigenvalue weighted by molar-refractivity contribution is -0.116. The number of ether oxygens (including phenoxy) is 2. The third-order valence-corrected chi connectivity index (χ3v) is 4.34. The lowest BCUT2D eigenvalue weighted by Crippen LogP contribution is -2.36. The highest BCUT2D eigenvalue weighted by Crippen LogP contribution is 2.24. The summed E-state index contributed by atoms with van der Waals surface area (Å²) < 4.78 is 10.7. The summed E-state index contributed by atoms with van der Waals surface area (Å²) in [5.74, 6) is 2.23. The molecule has 156 valence electrons. The highest BCUT2D eigenvalue weighted by atomic mass is 16.5. The fraction of sp³-hybridized carbons (Fsp3) is 0.364. The molecular weight excluding hydrogens is 368 g/mol. The second kappa shape index (κ2) is 11.6. The third-order valence-electron chi connectivity index (χ3n) is 4.34. The summed E-state index contributed by atoms with van der Waals surface area (Å²) in [7, 11) is 5.00. The molecule has 0 radical (unpaired) electrons. The van der Waals surface area contributed by atoms with Gasteiger partial charge in [-0.05, 0) is 36.2 Å². The van der Waals surface area contributed by atoms with Gasteiger partial charge < -0.3 is 25.4 Å². The van der Waals surface area contributed by atoms with Crippen LogP contribution >= 0.6 is 0 Å². The van der Waals surface area contributed by atoms with Gasteiger partial charge in [0, 0.05) is 43.9 Å². The molecule has 2 aromatic carbocycles. The van der Waals surface area contributed by atoms with Crippen LogP contribution in [-0.2, 0) is 17.9 Å². The maximum absolute atomic E-state index is 11.7. The normalized spacial score (nSPS) is 11.0. The molecule has 2 rings (SSSR count). The van der Waals surface area contributed by atoms with Gasteiger partial charge in [0.2, 0.25) is 5.91 Å². The Hall–Kier alpha value is -3.22. The van der Waals surface area contributed by atoms with Gasteiger partial charge in [-0.15, -0.1) is 0 Å². The van der Waals surface area contributed by atoms with Crippen molar-refractivity contribution < 1.29 is 14.3 Å². The van der Waals surface area contributed by atoms with Gasteiger partial charge in [0.15, 0.2) is 5.96 Å². The average molecular weight is 399 g/mol. The summed E-state index contributed by atoms with van der Waals surface area (Å²) in [5, 5.41) is 9.45. The summed E-state index contributed by atoms with van der Waals surface area (Å²) in [5.41, 5.74) is 2.90. The molecule has 0 unspecified atom stereocenters. The van der Waals surface area contributed by atoms with E-state index in [4.69, 9.17) is 9.47 Å². The fourth-order valence-electron chi connectivity index (χ4n) is 2.74. The highest BCUT2D eigenvalue weighted by molar-refractivity contribution is 5.90. The molecule has 0 fully saturated rings. The van der Waals surface area contributed by atoms with Crippen LogP contribution in [0.3, 0.4) is 0 Å². The van der Waals surface area contributed by atoms with Gasteiger partial charge >= 0.3 is 0 Å². The van der Waals surface area contributed by atoms with Crippen molar-refractivity contribution in [1.82, 2.24) is 10.6 Å². The molecule has 0 saturated carbocycles. The number of nitrogens with one attached hydrogen (secondary N) is 3. The SMILES string of the molecule is CCCC(=O)Nc1ccc(CNC(=NC)NCc2ccc(OC)cc2OC)cc1. The van der Waals surface area contributed by atoms with Crippen LogP contribution in [0.15, 0.2) is 47.5 Å². The molecule has 1 amide bonds. The molecule has 0 aliphatic carbocycles. The van der Waals surface area contributed by atoms with Crippen molar-refractivity contribution in [2.75, 3.05) is 26.6 Å². The standard InChI is InChI=1S/C22H30N4O3/c1-5-6-21(27)26-18-10-7-16(8-11-18)14-24-22(23-2)25-15-17-9-12-19(28-3)13-20(17)29-4/h7-13H,5-6,14-15H2,1-4H3,(H,26,27)(H2,23,24,25). The molecule has 0 aliphatic rings. The minimum atomic E-state index is 0.0388. The monoisotopic (exact) mass is 398 g/mol. The van der Waals surface area contributed by atoms with Gasteiger partial charge in [0.25, 0.3) is 0 Å². The summed E-state index contributed by atoms with van der Waals surface area (Å²) in [6, 6.07) is 13.5. The topological polar surface area (TPSA) is 84.0 Å². The van der Waals surface area contributed by atoms with E-state index < -0.39 is 0 Å². The number of guanidine groups is 1. The second-order valence-electron chi connectivity index (χ2n) is 6.45. The number of anilines is 1. The predicted molar refractivity (Wildman–Crippen MR) is 117 cm³/mol. The number of carbonyl (C=O) groups is 1. The lowest BCUT2D eigenvalue weighted by atomic mass is 10.2. The number of carbonyl (C=O) groups excluding carboxylic acids is 1. The van der Waals surface area contributed by atoms with Crippen molar-refractivity contribution >= 4 is 17.6 Å². The number of hydrogen-bond acceptors (Lipinski definition) is 4. The Morgan fingerprint density at radius 2 is 1.72 bits per heavy atom. The van der Waals surface area contributed by atoms with E-state index in [1.165, 1.54) is 0 Å². The molecule has 0 bridgehead atoms. The second-order valence-corrected chi connectivity index (χ2v) is 6.45. The van der Waals surface area contributed by atoms with E-state index >= 15 is 0 Å². The molecule has 29 heavy (non-hydrogen) atoms. The minimum absolute atomic E-state index is 0.0388. The molecule has 0 spiro atoms. The Morgan fingerprint density at radius 1 is 1.00 bits per heavy atom. The van der Waals surface area contributed by atoms with E-state index in [9.17, 15) is 4.79 Å². The van der Waals surface area contributed by atoms with Crippen LogP contribution in [0.2, 0.25) is 0 Å². The van der Waals surface area contributed by atoms with E-state index in [1.807, 2.05) is 49.4 Å². The molecule has 0 heterocycles. The number of amides is 1. The van der Waals surface area contributed by atoms with Crippen LogP contribution in [0.1, 0.15) is 30.9 Å². The number of benzene rings is 2. The van der Waals surface area contributed by atoms with Gasteiger partial charge in [-0.3, -0.25) is 9.79 Å². The van der Waals surface area contributed by atoms with Crippen molar-refractivity contribution in [1.29, 1.82) is 0 Å². The van der Waals surface area contributed by atoms with Crippen LogP contribution in [0, 0.1) is 0 Å². The molecule has 2 aromatic rings. The third kappa shape index (κ3) is 7.03. The van der Waals surface area contributed by atoms with Gasteiger partial charge in [-0.1, -0.05) is 19.1 Å². The minimum Gasteiger partial charge on any atom is -0.497 e. The van der Waals surface area contributed by atoms with Gasteiger partial charge in [0.1, 0.15) is 11.5 Å². The van der Waals surface area contributed by atoms with E-state index in [-0.39, 0.29) is 5.91 Å². The quantitative estimate of drug-likeness (QED) is 0.446. The van der Waals surface area contributed by atoms with Gasteiger partial charge in [-0.2, -0.15) is 0 Å². The zero-order valence-electron chi connectivity index (χ0n) is 17.5. The fourth-order valence-corrected chi connectivity index (χ4v) is 2.74. The van der Waals surface area contributed by atoms with Crippen molar-refractivity contribution in [2.45, 2.75) is 32.9 Å². The lowest BCUT2D eigenvalue weighted by Gasteiger charge is -2.15. The van der Waals surface area contributed by atoms with Gasteiger partial charge in [0.05, 0.1) is 14.2 Å². The number of methoxy groups -OCH3 is 2. The Morgan fingerprint density at radius 3 is 2.34 bits per heavy atom. The van der Waals surface area contributed by atoms with Gasteiger partial charge in [-0.25, -0.2) is 0 Å². The van der Waals surface area contributed by atoms with Crippen molar-refractivity contribution in [2.24, 2.45) is 4.99 Å². The summed E-state index contributed by atoms with van der Waals surface area (Å²) in [6.07, 6.45) is 1.37. The van der Waals surface area contributed by atoms with E-state index in [0.717, 1.165) is 34.7 Å². The molecule has 3 N–H and O–H groups in total. The molecule has 0 aromatic heterocycles. The highest BCUT2D eigenvalue weighted by Gasteiger charge is 2.07. The summed E-state index contributed by atoms with van der Waals surface area (Å²) >= 11 is 0. The molecule has 0 saturated heterocycles. The largest absolute Gasteiger partial charge is 0.497 e. The smallest absolute Gasteiger partial charge is 0.224 e. The zero-order chi connectivity index (χ0) is 21.1. The van der Waals surface area contributed by atoms with E-state index in [1.54, 1.807) is 21.3 Å². The first-order chi connectivity index (χ1) is 14.1. The Bertz CT molecular complexity index is 819. The predicted octanol–water partition coefficient (Wildman–Crippen LogP) is 3.31. The first kappa shape index (κ1) is 22.1. The Kier molecular flexibility index (Phi) is 8.82. The van der Waals surface area contributed by atoms with E-state index in [2.05, 4.69) is 20.9 Å². The van der Waals surface area contributed by atoms with Crippen molar-refractivity contribution in [3.63, 3.8) is 0 Å². The van der Waals surface area contributed by atoms with Crippen molar-refractivity contribution in [3.05, 3.63) is 53.6 Å². The molecule has 7 heteroatoms. The molecular formula is C22H30N4O3. The zero-order valence-corrected chi connectivity index (χ0v) is 17.5. The molecule has 7 nitrogen and oxygen atoms in total. The average Bonchev–Trinajstić information content (AvgIpc) is 2.75. The first-order valence-corrected chi connectivity index (χ1v) is 9.63. The summed E-state index contributed by atoms with van der Waals surface area (Å²) in [6.45, 7) is 3.16. The van der Waals surface area contributed by atoms with E-state index in [0.29, 0.717) is 25.5 Å². The summed E-state index contributed by atoms with van der Waals surface area (Å²) in [4.78, 5) is 15.9. The van der Waals surface area contributed by atoms with Crippen LogP contribution in [0.5, 0.6) is 11.5 Å². The Labute approximate surface area is 172 Å².